The largest absolute Gasteiger partial charge is 0.208 e. The highest BCUT2D eigenvalue weighted by atomic mass is 19.1. The molecule has 1 heterocycles. The Hall–Kier alpha value is -5.81. The number of benzene rings is 6. The van der Waals surface area contributed by atoms with Crippen molar-refractivity contribution < 1.29 is 8.78 Å². The summed E-state index contributed by atoms with van der Waals surface area (Å²) in [6.45, 7) is 0. The van der Waals surface area contributed by atoms with Crippen molar-refractivity contribution >= 4 is 0 Å². The first kappa shape index (κ1) is 27.0. The van der Waals surface area contributed by atoms with Gasteiger partial charge in [-0.1, -0.05) is 127 Å². The molecule has 210 valence electrons. The van der Waals surface area contributed by atoms with Crippen LogP contribution >= 0.6 is 0 Å². The zero-order chi connectivity index (χ0) is 29.9. The van der Waals surface area contributed by atoms with Crippen molar-refractivity contribution in [3.63, 3.8) is 0 Å². The summed E-state index contributed by atoms with van der Waals surface area (Å²) in [5.74, 6) is 0.252. The van der Waals surface area contributed by atoms with E-state index in [1.165, 1.54) is 35.4 Å². The number of aromatic nitrogens is 3. The van der Waals surface area contributed by atoms with Crippen LogP contribution in [0, 0.1) is 11.6 Å². The molecule has 0 aliphatic heterocycles. The molecule has 44 heavy (non-hydrogen) atoms. The van der Waals surface area contributed by atoms with E-state index < -0.39 is 11.6 Å². The predicted molar refractivity (Wildman–Crippen MR) is 172 cm³/mol. The van der Waals surface area contributed by atoms with Crippen LogP contribution in [-0.4, -0.2) is 15.0 Å². The Labute approximate surface area is 254 Å². The molecule has 0 amide bonds. The van der Waals surface area contributed by atoms with Gasteiger partial charge in [0.15, 0.2) is 17.5 Å². The van der Waals surface area contributed by atoms with E-state index >= 15 is 0 Å². The first-order valence-corrected chi connectivity index (χ1v) is 14.2. The van der Waals surface area contributed by atoms with Gasteiger partial charge in [0.25, 0.3) is 0 Å². The molecule has 0 N–H and O–H groups in total. The summed E-state index contributed by atoms with van der Waals surface area (Å²) in [5.41, 5.74) is 8.61. The molecule has 0 unspecified atom stereocenters. The lowest BCUT2D eigenvalue weighted by molar-refractivity contribution is 0.628. The maximum absolute atomic E-state index is 14.0. The molecular weight excluding hydrogens is 548 g/mol. The minimum Gasteiger partial charge on any atom is -0.208 e. The van der Waals surface area contributed by atoms with Gasteiger partial charge in [0.05, 0.1) is 0 Å². The quantitative estimate of drug-likeness (QED) is 0.199. The van der Waals surface area contributed by atoms with Crippen molar-refractivity contribution in [3.8, 4) is 67.5 Å². The number of halogens is 2. The molecule has 1 aromatic heterocycles. The molecule has 0 spiro atoms. The van der Waals surface area contributed by atoms with E-state index in [0.717, 1.165) is 27.8 Å². The third-order valence-corrected chi connectivity index (χ3v) is 7.49. The zero-order valence-electron chi connectivity index (χ0n) is 23.5. The van der Waals surface area contributed by atoms with Gasteiger partial charge in [0.2, 0.25) is 0 Å². The maximum atomic E-state index is 14.0. The Bertz CT molecular complexity index is 1990. The first-order chi connectivity index (χ1) is 21.6. The van der Waals surface area contributed by atoms with Crippen LogP contribution in [0.25, 0.3) is 67.5 Å². The second-order valence-corrected chi connectivity index (χ2v) is 10.4. The van der Waals surface area contributed by atoms with Crippen molar-refractivity contribution in [2.45, 2.75) is 0 Å². The molecule has 0 radical (unpaired) electrons. The number of nitrogens with zero attached hydrogens (tertiary/aromatic N) is 3. The highest BCUT2D eigenvalue weighted by Gasteiger charge is 2.13. The predicted octanol–water partition coefficient (Wildman–Crippen LogP) is 10.2. The maximum Gasteiger partial charge on any atom is 0.164 e. The monoisotopic (exact) mass is 573 g/mol. The van der Waals surface area contributed by atoms with Gasteiger partial charge in [-0.25, -0.2) is 23.7 Å². The van der Waals surface area contributed by atoms with Crippen LogP contribution in [0.4, 0.5) is 8.78 Å². The molecule has 5 heteroatoms. The van der Waals surface area contributed by atoms with E-state index in [9.17, 15) is 8.78 Å². The van der Waals surface area contributed by atoms with Crippen LogP contribution in [0.5, 0.6) is 0 Å². The topological polar surface area (TPSA) is 38.7 Å². The fourth-order valence-electron chi connectivity index (χ4n) is 5.17. The van der Waals surface area contributed by atoms with Crippen LogP contribution in [0.15, 0.2) is 152 Å². The molecule has 0 atom stereocenters. The minimum absolute atomic E-state index is 0.310. The molecule has 0 aliphatic rings. The SMILES string of the molecule is Fc1cccc(-c2nc(-c3ccc(-c4ccc(-c5ccc(-c6ccccc6)cc5)cc4)cc3)nc(-c3cccc(F)c3)n2)c1. The average molecular weight is 574 g/mol. The van der Waals surface area contributed by atoms with Crippen LogP contribution in [0.2, 0.25) is 0 Å². The van der Waals surface area contributed by atoms with Gasteiger partial charge in [-0.3, -0.25) is 0 Å². The van der Waals surface area contributed by atoms with Crippen molar-refractivity contribution in [1.82, 2.24) is 15.0 Å². The third kappa shape index (κ3) is 5.76. The van der Waals surface area contributed by atoms with Gasteiger partial charge < -0.3 is 0 Å². The number of rotatable bonds is 6. The zero-order valence-corrected chi connectivity index (χ0v) is 23.5. The molecule has 7 rings (SSSR count). The highest BCUT2D eigenvalue weighted by molar-refractivity contribution is 5.75. The molecule has 0 bridgehead atoms. The lowest BCUT2D eigenvalue weighted by Crippen LogP contribution is -2.00. The Morgan fingerprint density at radius 3 is 0.932 bits per heavy atom. The van der Waals surface area contributed by atoms with Gasteiger partial charge in [-0.15, -0.1) is 0 Å². The van der Waals surface area contributed by atoms with E-state index in [-0.39, 0.29) is 0 Å². The lowest BCUT2D eigenvalue weighted by Gasteiger charge is -2.10. The summed E-state index contributed by atoms with van der Waals surface area (Å²) >= 11 is 0. The van der Waals surface area contributed by atoms with Crippen LogP contribution in [-0.2, 0) is 0 Å². The molecular formula is C39H25F2N3. The standard InChI is InChI=1S/C39H25F2N3/c40-35-10-4-8-33(24-35)38-42-37(43-39(44-38)34-9-5-11-36(41)25-34)32-22-20-31(21-23-32)30-18-16-29(17-19-30)28-14-12-27(13-15-28)26-6-2-1-3-7-26/h1-25H. The minimum atomic E-state index is -0.392. The van der Waals surface area contributed by atoms with Crippen molar-refractivity contribution in [2.75, 3.05) is 0 Å². The summed E-state index contributed by atoms with van der Waals surface area (Å²) < 4.78 is 28.1. The van der Waals surface area contributed by atoms with Crippen molar-refractivity contribution in [2.24, 2.45) is 0 Å². The Morgan fingerprint density at radius 1 is 0.273 bits per heavy atom. The van der Waals surface area contributed by atoms with Gasteiger partial charge in [-0.05, 0) is 57.6 Å². The molecule has 0 aliphatic carbocycles. The van der Waals surface area contributed by atoms with E-state index in [1.807, 2.05) is 42.5 Å². The molecule has 0 fully saturated rings. The Kier molecular flexibility index (Phi) is 7.27. The third-order valence-electron chi connectivity index (χ3n) is 7.49. The Balaban J connectivity index is 1.17. The number of hydrogen-bond acceptors (Lipinski definition) is 3. The van der Waals surface area contributed by atoms with Gasteiger partial charge in [0.1, 0.15) is 11.6 Å². The van der Waals surface area contributed by atoms with Crippen LogP contribution in [0.1, 0.15) is 0 Å². The fraction of sp³-hybridized carbons (Fsp3) is 0. The van der Waals surface area contributed by atoms with Gasteiger partial charge in [0, 0.05) is 16.7 Å². The Morgan fingerprint density at radius 2 is 0.568 bits per heavy atom. The van der Waals surface area contributed by atoms with E-state index in [1.54, 1.807) is 24.3 Å². The summed E-state index contributed by atoms with van der Waals surface area (Å²) in [5, 5.41) is 0. The van der Waals surface area contributed by atoms with Gasteiger partial charge in [-0.2, -0.15) is 0 Å². The summed E-state index contributed by atoms with van der Waals surface area (Å²) in [6, 6.07) is 47.5. The van der Waals surface area contributed by atoms with E-state index in [2.05, 4.69) is 75.6 Å². The molecule has 7 aromatic rings. The van der Waals surface area contributed by atoms with E-state index in [4.69, 9.17) is 0 Å². The highest BCUT2D eigenvalue weighted by Crippen LogP contribution is 2.30. The molecule has 0 saturated carbocycles. The summed E-state index contributed by atoms with van der Waals surface area (Å²) in [4.78, 5) is 13.9. The molecule has 3 nitrogen and oxygen atoms in total. The summed E-state index contributed by atoms with van der Waals surface area (Å²) in [6.07, 6.45) is 0. The fourth-order valence-corrected chi connectivity index (χ4v) is 5.17. The summed E-state index contributed by atoms with van der Waals surface area (Å²) in [7, 11) is 0. The van der Waals surface area contributed by atoms with Crippen molar-refractivity contribution in [3.05, 3.63) is 163 Å². The van der Waals surface area contributed by atoms with Crippen LogP contribution < -0.4 is 0 Å². The second kappa shape index (κ2) is 11.8. The van der Waals surface area contributed by atoms with Gasteiger partial charge >= 0.3 is 0 Å². The smallest absolute Gasteiger partial charge is 0.164 e. The second-order valence-electron chi connectivity index (χ2n) is 10.4. The molecule has 6 aromatic carbocycles. The number of hydrogen-bond donors (Lipinski definition) is 0. The first-order valence-electron chi connectivity index (χ1n) is 14.2. The van der Waals surface area contributed by atoms with Crippen molar-refractivity contribution in [1.29, 1.82) is 0 Å². The average Bonchev–Trinajstić information content (AvgIpc) is 3.09. The van der Waals surface area contributed by atoms with E-state index in [0.29, 0.717) is 28.6 Å². The normalized spacial score (nSPS) is 11.0. The lowest BCUT2D eigenvalue weighted by atomic mass is 9.98. The molecule has 0 saturated heterocycles. The van der Waals surface area contributed by atoms with Crippen LogP contribution in [0.3, 0.4) is 0 Å².